The molecule has 12 heavy (non-hydrogen) atoms. The summed E-state index contributed by atoms with van der Waals surface area (Å²) in [4.78, 5) is 0. The van der Waals surface area contributed by atoms with Crippen LogP contribution in [0.15, 0.2) is 12.1 Å². The molecule has 1 aromatic carbocycles. The van der Waals surface area contributed by atoms with Gasteiger partial charge in [0.05, 0.1) is 0 Å². The molecular weight excluding hydrogens is 188 g/mol. The smallest absolute Gasteiger partial charge is 0.0709 e. The molecule has 0 aliphatic rings. The van der Waals surface area contributed by atoms with Crippen molar-refractivity contribution in [2.75, 3.05) is 0 Å². The summed E-state index contributed by atoms with van der Waals surface area (Å²) in [5.41, 5.74) is 4.65. The third-order valence-corrected chi connectivity index (χ3v) is 2.48. The zero-order valence-corrected chi connectivity index (χ0v) is 9.01. The molecule has 0 heterocycles. The van der Waals surface area contributed by atoms with Crippen molar-refractivity contribution in [2.24, 2.45) is 0 Å². The Balaban J connectivity index is 3.33. The minimum absolute atomic E-state index is 0.454. The molecule has 0 atom stereocenters. The van der Waals surface area contributed by atoms with E-state index >= 15 is 0 Å². The lowest BCUT2D eigenvalue weighted by Crippen LogP contribution is -1.94. The van der Waals surface area contributed by atoms with Crippen LogP contribution in [-0.4, -0.2) is 4.32 Å². The summed E-state index contributed by atoms with van der Waals surface area (Å²) >= 11 is 10.7. The first-order chi connectivity index (χ1) is 5.52. The SMILES string of the molecule is Cc1cc(C)c(C(=S)Cl)cc1C. The van der Waals surface area contributed by atoms with Crippen LogP contribution < -0.4 is 0 Å². The molecule has 0 radical (unpaired) electrons. The fraction of sp³-hybridized carbons (Fsp3) is 0.300. The molecule has 0 spiro atoms. The van der Waals surface area contributed by atoms with Crippen molar-refractivity contribution in [1.82, 2.24) is 0 Å². The van der Waals surface area contributed by atoms with Crippen molar-refractivity contribution in [3.05, 3.63) is 34.4 Å². The molecule has 0 nitrogen and oxygen atoms in total. The molecule has 0 unspecified atom stereocenters. The van der Waals surface area contributed by atoms with Gasteiger partial charge < -0.3 is 0 Å². The van der Waals surface area contributed by atoms with Gasteiger partial charge in [0.2, 0.25) is 0 Å². The Morgan fingerprint density at radius 2 is 1.58 bits per heavy atom. The molecule has 1 aromatic rings. The summed E-state index contributed by atoms with van der Waals surface area (Å²) in [6, 6.07) is 4.15. The highest BCUT2D eigenvalue weighted by molar-refractivity contribution is 7.83. The Kier molecular flexibility index (Phi) is 2.86. The Hall–Kier alpha value is -0.400. The fourth-order valence-electron chi connectivity index (χ4n) is 1.17. The third kappa shape index (κ3) is 1.85. The lowest BCUT2D eigenvalue weighted by Gasteiger charge is -2.06. The second-order valence-corrected chi connectivity index (χ2v) is 4.04. The van der Waals surface area contributed by atoms with Crippen molar-refractivity contribution < 1.29 is 0 Å². The van der Waals surface area contributed by atoms with Crippen LogP contribution in [0.3, 0.4) is 0 Å². The van der Waals surface area contributed by atoms with Gasteiger partial charge in [-0.15, -0.1) is 0 Å². The van der Waals surface area contributed by atoms with E-state index in [4.69, 9.17) is 23.8 Å². The summed E-state index contributed by atoms with van der Waals surface area (Å²) in [7, 11) is 0. The monoisotopic (exact) mass is 198 g/mol. The van der Waals surface area contributed by atoms with Crippen LogP contribution in [-0.2, 0) is 0 Å². The second kappa shape index (κ2) is 3.55. The van der Waals surface area contributed by atoms with Gasteiger partial charge in [-0.25, -0.2) is 0 Å². The topological polar surface area (TPSA) is 0 Å². The molecule has 64 valence electrons. The van der Waals surface area contributed by atoms with Crippen molar-refractivity contribution >= 4 is 28.1 Å². The van der Waals surface area contributed by atoms with E-state index in [0.717, 1.165) is 11.1 Å². The second-order valence-electron chi connectivity index (χ2n) is 3.03. The highest BCUT2D eigenvalue weighted by Crippen LogP contribution is 2.17. The summed E-state index contributed by atoms with van der Waals surface area (Å²) in [5.74, 6) is 0. The fourth-order valence-corrected chi connectivity index (χ4v) is 1.60. The van der Waals surface area contributed by atoms with Crippen molar-refractivity contribution in [2.45, 2.75) is 20.8 Å². The number of hydrogen-bond acceptors (Lipinski definition) is 1. The Morgan fingerprint density at radius 1 is 1.08 bits per heavy atom. The van der Waals surface area contributed by atoms with Crippen LogP contribution in [0.25, 0.3) is 0 Å². The van der Waals surface area contributed by atoms with Gasteiger partial charge in [0.15, 0.2) is 0 Å². The van der Waals surface area contributed by atoms with Crippen molar-refractivity contribution in [3.8, 4) is 0 Å². The predicted octanol–water partition coefficient (Wildman–Crippen LogP) is 3.53. The lowest BCUT2D eigenvalue weighted by atomic mass is 10.0. The van der Waals surface area contributed by atoms with Gasteiger partial charge in [-0.1, -0.05) is 29.9 Å². The maximum absolute atomic E-state index is 5.76. The van der Waals surface area contributed by atoms with Gasteiger partial charge in [-0.05, 0) is 43.5 Å². The minimum atomic E-state index is 0.454. The Bertz CT molecular complexity index is 329. The van der Waals surface area contributed by atoms with Gasteiger partial charge >= 0.3 is 0 Å². The van der Waals surface area contributed by atoms with E-state index in [1.807, 2.05) is 13.0 Å². The third-order valence-electron chi connectivity index (χ3n) is 2.05. The van der Waals surface area contributed by atoms with E-state index < -0.39 is 0 Å². The summed E-state index contributed by atoms with van der Waals surface area (Å²) < 4.78 is 0.454. The van der Waals surface area contributed by atoms with Crippen molar-refractivity contribution in [1.29, 1.82) is 0 Å². The van der Waals surface area contributed by atoms with Crippen LogP contribution in [0.4, 0.5) is 0 Å². The zero-order valence-electron chi connectivity index (χ0n) is 7.44. The van der Waals surface area contributed by atoms with Crippen LogP contribution in [0.2, 0.25) is 0 Å². The molecule has 0 saturated heterocycles. The molecular formula is C10H11ClS. The molecule has 1 rings (SSSR count). The number of aryl methyl sites for hydroxylation is 3. The van der Waals surface area contributed by atoms with Crippen LogP contribution >= 0.6 is 23.8 Å². The molecule has 2 heteroatoms. The van der Waals surface area contributed by atoms with Crippen LogP contribution in [0, 0.1) is 20.8 Å². The van der Waals surface area contributed by atoms with Crippen molar-refractivity contribution in [3.63, 3.8) is 0 Å². The highest BCUT2D eigenvalue weighted by Gasteiger charge is 2.03. The normalized spacial score (nSPS) is 10.0. The standard InChI is InChI=1S/C10H11ClS/c1-6-4-8(3)9(10(11)12)5-7(6)2/h4-5H,1-3H3. The van der Waals surface area contributed by atoms with Gasteiger partial charge in [0, 0.05) is 5.56 Å². The summed E-state index contributed by atoms with van der Waals surface area (Å²) in [6.07, 6.45) is 0. The van der Waals surface area contributed by atoms with E-state index in [2.05, 4.69) is 19.9 Å². The molecule has 0 amide bonds. The number of halogens is 1. The molecule has 0 aliphatic carbocycles. The molecule has 0 aliphatic heterocycles. The quantitative estimate of drug-likeness (QED) is 0.492. The largest absolute Gasteiger partial charge is 0.111 e. The minimum Gasteiger partial charge on any atom is -0.0709 e. The van der Waals surface area contributed by atoms with Crippen LogP contribution in [0.1, 0.15) is 22.3 Å². The van der Waals surface area contributed by atoms with E-state index in [9.17, 15) is 0 Å². The van der Waals surface area contributed by atoms with E-state index in [-0.39, 0.29) is 0 Å². The zero-order chi connectivity index (χ0) is 9.30. The van der Waals surface area contributed by atoms with Gasteiger partial charge in [-0.3, -0.25) is 0 Å². The first-order valence-electron chi connectivity index (χ1n) is 3.80. The Labute approximate surface area is 83.6 Å². The van der Waals surface area contributed by atoms with Gasteiger partial charge in [-0.2, -0.15) is 0 Å². The maximum atomic E-state index is 5.76. The highest BCUT2D eigenvalue weighted by atomic mass is 35.5. The molecule has 0 N–H and O–H groups in total. The van der Waals surface area contributed by atoms with Gasteiger partial charge in [0.1, 0.15) is 4.32 Å². The molecule has 0 saturated carbocycles. The number of rotatable bonds is 1. The first kappa shape index (κ1) is 9.69. The van der Waals surface area contributed by atoms with Gasteiger partial charge in [0.25, 0.3) is 0 Å². The van der Waals surface area contributed by atoms with E-state index in [0.29, 0.717) is 4.32 Å². The lowest BCUT2D eigenvalue weighted by molar-refractivity contribution is 1.29. The number of hydrogen-bond donors (Lipinski definition) is 0. The predicted molar refractivity (Wildman–Crippen MR) is 58.2 cm³/mol. The average molecular weight is 199 g/mol. The molecule has 0 aromatic heterocycles. The van der Waals surface area contributed by atoms with Crippen LogP contribution in [0.5, 0.6) is 0 Å². The summed E-state index contributed by atoms with van der Waals surface area (Å²) in [5, 5.41) is 0. The number of thiocarbonyl (C=S) groups is 1. The maximum Gasteiger partial charge on any atom is 0.111 e. The average Bonchev–Trinajstić information content (AvgIpc) is 1.96. The first-order valence-corrected chi connectivity index (χ1v) is 4.58. The van der Waals surface area contributed by atoms with E-state index in [1.165, 1.54) is 11.1 Å². The Morgan fingerprint density at radius 3 is 2.08 bits per heavy atom. The molecule has 0 fully saturated rings. The summed E-state index contributed by atoms with van der Waals surface area (Å²) in [6.45, 7) is 6.17. The molecule has 0 bridgehead atoms. The van der Waals surface area contributed by atoms with E-state index in [1.54, 1.807) is 0 Å². The number of benzene rings is 1.